The van der Waals surface area contributed by atoms with Crippen LogP contribution < -0.4 is 16.0 Å². The van der Waals surface area contributed by atoms with E-state index in [0.717, 1.165) is 36.4 Å². The lowest BCUT2D eigenvalue weighted by Gasteiger charge is -2.13. The third-order valence-corrected chi connectivity index (χ3v) is 4.37. The number of carbonyl (C=O) groups is 1. The number of nitrogens with one attached hydrogen (secondary N) is 3. The molecule has 3 N–H and O–H groups in total. The first kappa shape index (κ1) is 19.5. The normalized spacial score (nSPS) is 11.6. The van der Waals surface area contributed by atoms with E-state index < -0.39 is 0 Å². The highest BCUT2D eigenvalue weighted by Crippen LogP contribution is 2.15. The number of carbonyl (C=O) groups excluding carboxylic acids is 1. The van der Waals surface area contributed by atoms with Gasteiger partial charge < -0.3 is 24.9 Å². The van der Waals surface area contributed by atoms with Crippen molar-refractivity contribution in [2.75, 3.05) is 26.7 Å². The Morgan fingerprint density at radius 1 is 1.11 bits per heavy atom. The van der Waals surface area contributed by atoms with E-state index in [1.54, 1.807) is 19.2 Å². The quantitative estimate of drug-likeness (QED) is 0.314. The number of imidazole rings is 1. The van der Waals surface area contributed by atoms with E-state index in [2.05, 4.69) is 36.6 Å². The van der Waals surface area contributed by atoms with Crippen LogP contribution in [0, 0.1) is 6.92 Å². The first-order chi connectivity index (χ1) is 13.7. The largest absolute Gasteiger partial charge is 0.459 e. The fraction of sp³-hybridized carbons (Fsp3) is 0.350. The fourth-order valence-electron chi connectivity index (χ4n) is 2.99. The van der Waals surface area contributed by atoms with Crippen molar-refractivity contribution in [1.82, 2.24) is 25.5 Å². The summed E-state index contributed by atoms with van der Waals surface area (Å²) in [6, 6.07) is 11.5. The molecule has 1 amide bonds. The van der Waals surface area contributed by atoms with Gasteiger partial charge in [-0.3, -0.25) is 9.79 Å². The van der Waals surface area contributed by atoms with Gasteiger partial charge in [0.1, 0.15) is 5.82 Å². The lowest BCUT2D eigenvalue weighted by molar-refractivity contribution is 0.0926. The maximum absolute atomic E-state index is 11.8. The molecule has 0 bridgehead atoms. The average Bonchev–Trinajstić information content (AvgIpc) is 3.34. The van der Waals surface area contributed by atoms with Crippen molar-refractivity contribution >= 4 is 22.9 Å². The molecule has 0 radical (unpaired) electrons. The zero-order valence-electron chi connectivity index (χ0n) is 16.2. The molecule has 3 aromatic rings. The molecule has 0 saturated carbocycles. The van der Waals surface area contributed by atoms with Gasteiger partial charge in [0.05, 0.1) is 17.3 Å². The molecule has 0 atom stereocenters. The minimum absolute atomic E-state index is 0.224. The Balaban J connectivity index is 1.36. The van der Waals surface area contributed by atoms with Crippen molar-refractivity contribution in [1.29, 1.82) is 0 Å². The van der Waals surface area contributed by atoms with Crippen LogP contribution in [0.4, 0.5) is 0 Å². The van der Waals surface area contributed by atoms with E-state index in [-0.39, 0.29) is 5.91 Å². The number of guanidine groups is 1. The van der Waals surface area contributed by atoms with Crippen LogP contribution >= 0.6 is 0 Å². The Bertz CT molecular complexity index is 929. The van der Waals surface area contributed by atoms with E-state index in [4.69, 9.17) is 4.42 Å². The number of hydrogen-bond donors (Lipinski definition) is 3. The van der Waals surface area contributed by atoms with Gasteiger partial charge >= 0.3 is 0 Å². The zero-order chi connectivity index (χ0) is 19.8. The summed E-state index contributed by atoms with van der Waals surface area (Å²) in [5.74, 6) is 1.82. The maximum atomic E-state index is 11.8. The van der Waals surface area contributed by atoms with Gasteiger partial charge in [-0.2, -0.15) is 0 Å². The number of aromatic nitrogens is 2. The van der Waals surface area contributed by atoms with Crippen LogP contribution in [0.1, 0.15) is 22.8 Å². The highest BCUT2D eigenvalue weighted by molar-refractivity contribution is 5.91. The first-order valence-corrected chi connectivity index (χ1v) is 9.37. The van der Waals surface area contributed by atoms with Crippen LogP contribution in [0.5, 0.6) is 0 Å². The predicted octanol–water partition coefficient (Wildman–Crippen LogP) is 1.92. The minimum Gasteiger partial charge on any atom is -0.459 e. The number of rotatable bonds is 8. The molecule has 2 aromatic heterocycles. The van der Waals surface area contributed by atoms with Crippen molar-refractivity contribution in [2.24, 2.45) is 4.99 Å². The van der Waals surface area contributed by atoms with E-state index in [1.807, 2.05) is 25.1 Å². The van der Waals surface area contributed by atoms with Gasteiger partial charge in [-0.1, -0.05) is 12.1 Å². The topological polar surface area (TPSA) is 96.5 Å². The van der Waals surface area contributed by atoms with Crippen LogP contribution in [-0.4, -0.2) is 48.1 Å². The number of nitrogens with zero attached hydrogens (tertiary/aromatic N) is 3. The zero-order valence-corrected chi connectivity index (χ0v) is 16.2. The molecule has 28 heavy (non-hydrogen) atoms. The lowest BCUT2D eigenvalue weighted by Crippen LogP contribution is -2.41. The Kier molecular flexibility index (Phi) is 6.67. The maximum Gasteiger partial charge on any atom is 0.287 e. The fourth-order valence-corrected chi connectivity index (χ4v) is 2.99. The molecule has 0 unspecified atom stereocenters. The Morgan fingerprint density at radius 2 is 1.89 bits per heavy atom. The summed E-state index contributed by atoms with van der Waals surface area (Å²) in [5, 5.41) is 9.25. The van der Waals surface area contributed by atoms with Crippen LogP contribution in [0.15, 0.2) is 52.1 Å². The minimum atomic E-state index is -0.224. The van der Waals surface area contributed by atoms with Gasteiger partial charge in [0.2, 0.25) is 0 Å². The molecule has 0 aliphatic rings. The second-order valence-corrected chi connectivity index (χ2v) is 6.31. The second kappa shape index (κ2) is 9.59. The van der Waals surface area contributed by atoms with Crippen LogP contribution in [0.25, 0.3) is 11.0 Å². The van der Waals surface area contributed by atoms with Crippen molar-refractivity contribution in [2.45, 2.75) is 19.9 Å². The number of aliphatic imine (C=N–C) groups is 1. The summed E-state index contributed by atoms with van der Waals surface area (Å²) in [4.78, 5) is 20.6. The predicted molar refractivity (Wildman–Crippen MR) is 109 cm³/mol. The molecule has 0 aliphatic carbocycles. The van der Waals surface area contributed by atoms with Gasteiger partial charge in [-0.05, 0) is 37.6 Å². The van der Waals surface area contributed by atoms with Gasteiger partial charge in [-0.25, -0.2) is 4.98 Å². The summed E-state index contributed by atoms with van der Waals surface area (Å²) in [5.41, 5.74) is 2.19. The average molecular weight is 382 g/mol. The van der Waals surface area contributed by atoms with E-state index >= 15 is 0 Å². The standard InChI is InChI=1S/C20H26N6O2/c1-15-25-16-7-3-4-8-17(16)26(15)13-6-10-23-20(21-2)24-12-11-22-19(27)18-9-5-14-28-18/h3-5,7-9,14H,6,10-13H2,1-2H3,(H,22,27)(H2,21,23,24). The van der Waals surface area contributed by atoms with Gasteiger partial charge in [0, 0.05) is 33.2 Å². The molecular formula is C20H26N6O2. The molecular weight excluding hydrogens is 356 g/mol. The molecule has 0 saturated heterocycles. The number of hydrogen-bond acceptors (Lipinski definition) is 4. The molecule has 2 heterocycles. The van der Waals surface area contributed by atoms with Crippen molar-refractivity contribution < 1.29 is 9.21 Å². The SMILES string of the molecule is CN=C(NCCCn1c(C)nc2ccccc21)NCCNC(=O)c1ccco1. The van der Waals surface area contributed by atoms with Crippen molar-refractivity contribution in [3.05, 3.63) is 54.2 Å². The van der Waals surface area contributed by atoms with Crippen LogP contribution in [0.2, 0.25) is 0 Å². The van der Waals surface area contributed by atoms with Crippen molar-refractivity contribution in [3.63, 3.8) is 0 Å². The van der Waals surface area contributed by atoms with Gasteiger partial charge in [0.25, 0.3) is 5.91 Å². The second-order valence-electron chi connectivity index (χ2n) is 6.31. The molecule has 148 valence electrons. The molecule has 0 spiro atoms. The summed E-state index contributed by atoms with van der Waals surface area (Å²) in [7, 11) is 1.73. The lowest BCUT2D eigenvalue weighted by atomic mass is 10.3. The number of aryl methyl sites for hydroxylation is 2. The Labute approximate surface area is 164 Å². The molecule has 0 aliphatic heterocycles. The Hall–Kier alpha value is -3.29. The highest BCUT2D eigenvalue weighted by atomic mass is 16.3. The van der Waals surface area contributed by atoms with Crippen LogP contribution in [-0.2, 0) is 6.54 Å². The first-order valence-electron chi connectivity index (χ1n) is 9.37. The van der Waals surface area contributed by atoms with E-state index in [9.17, 15) is 4.79 Å². The smallest absolute Gasteiger partial charge is 0.287 e. The molecule has 0 fully saturated rings. The number of fused-ring (bicyclic) bond motifs is 1. The van der Waals surface area contributed by atoms with E-state index in [0.29, 0.717) is 24.8 Å². The summed E-state index contributed by atoms with van der Waals surface area (Å²) < 4.78 is 7.28. The molecule has 8 heteroatoms. The highest BCUT2D eigenvalue weighted by Gasteiger charge is 2.08. The van der Waals surface area contributed by atoms with Crippen LogP contribution in [0.3, 0.4) is 0 Å². The van der Waals surface area contributed by atoms with E-state index in [1.165, 1.54) is 6.26 Å². The van der Waals surface area contributed by atoms with Gasteiger partial charge in [0.15, 0.2) is 11.7 Å². The summed E-state index contributed by atoms with van der Waals surface area (Å²) in [6.45, 7) is 4.74. The number of para-hydroxylation sites is 2. The summed E-state index contributed by atoms with van der Waals surface area (Å²) >= 11 is 0. The number of benzene rings is 1. The molecule has 1 aromatic carbocycles. The van der Waals surface area contributed by atoms with Gasteiger partial charge in [-0.15, -0.1) is 0 Å². The third-order valence-electron chi connectivity index (χ3n) is 4.37. The molecule has 8 nitrogen and oxygen atoms in total. The molecule has 3 rings (SSSR count). The Morgan fingerprint density at radius 3 is 2.68 bits per heavy atom. The van der Waals surface area contributed by atoms with Crippen molar-refractivity contribution in [3.8, 4) is 0 Å². The third kappa shape index (κ3) is 4.91. The number of furan rings is 1. The summed E-state index contributed by atoms with van der Waals surface area (Å²) in [6.07, 6.45) is 2.42. The number of amides is 1. The monoisotopic (exact) mass is 382 g/mol.